The summed E-state index contributed by atoms with van der Waals surface area (Å²) in [5.41, 5.74) is 3.52. The summed E-state index contributed by atoms with van der Waals surface area (Å²) in [5, 5.41) is 3.21. The standard InChI is InChI=1S/C25H33N3O2/c1-2-21(19-12-6-5-7-13-19)26-24(29)20-18-23(28-17-11-8-14-22(20)28)25(30)27-15-9-3-4-10-16-27/h5-7,12-13,18,21H,2-4,8-11,14-17H2,1H3,(H,26,29)/t21-/m1/s1. The average Bonchev–Trinajstić information content (AvgIpc) is 2.96. The van der Waals surface area contributed by atoms with Gasteiger partial charge in [0.15, 0.2) is 0 Å². The van der Waals surface area contributed by atoms with E-state index in [1.165, 1.54) is 12.8 Å². The van der Waals surface area contributed by atoms with Gasteiger partial charge in [0, 0.05) is 25.3 Å². The smallest absolute Gasteiger partial charge is 0.270 e. The Labute approximate surface area is 179 Å². The quantitative estimate of drug-likeness (QED) is 0.780. The lowest BCUT2D eigenvalue weighted by Crippen LogP contribution is -2.33. The highest BCUT2D eigenvalue weighted by molar-refractivity contribution is 6.01. The number of hydrogen-bond acceptors (Lipinski definition) is 2. The molecule has 30 heavy (non-hydrogen) atoms. The number of hydrogen-bond donors (Lipinski definition) is 1. The molecule has 1 N–H and O–H groups in total. The summed E-state index contributed by atoms with van der Waals surface area (Å²) in [4.78, 5) is 28.6. The first-order valence-corrected chi connectivity index (χ1v) is 11.6. The van der Waals surface area contributed by atoms with Crippen molar-refractivity contribution in [2.45, 2.75) is 70.9 Å². The molecular weight excluding hydrogens is 374 g/mol. The van der Waals surface area contributed by atoms with Crippen LogP contribution in [0, 0.1) is 0 Å². The molecule has 2 amide bonds. The zero-order chi connectivity index (χ0) is 20.9. The van der Waals surface area contributed by atoms with Crippen molar-refractivity contribution in [1.82, 2.24) is 14.8 Å². The van der Waals surface area contributed by atoms with Gasteiger partial charge in [-0.1, -0.05) is 50.1 Å². The van der Waals surface area contributed by atoms with Gasteiger partial charge < -0.3 is 14.8 Å². The summed E-state index contributed by atoms with van der Waals surface area (Å²) >= 11 is 0. The van der Waals surface area contributed by atoms with E-state index in [2.05, 4.69) is 28.9 Å². The van der Waals surface area contributed by atoms with Gasteiger partial charge in [0.2, 0.25) is 0 Å². The van der Waals surface area contributed by atoms with E-state index in [0.29, 0.717) is 11.3 Å². The summed E-state index contributed by atoms with van der Waals surface area (Å²) in [7, 11) is 0. The van der Waals surface area contributed by atoms with E-state index in [1.54, 1.807) is 0 Å². The van der Waals surface area contributed by atoms with E-state index in [4.69, 9.17) is 0 Å². The Morgan fingerprint density at radius 3 is 2.37 bits per heavy atom. The molecule has 160 valence electrons. The molecule has 2 aromatic rings. The fourth-order valence-corrected chi connectivity index (χ4v) is 4.83. The molecule has 0 bridgehead atoms. The lowest BCUT2D eigenvalue weighted by Gasteiger charge is -2.23. The maximum absolute atomic E-state index is 13.3. The Hall–Kier alpha value is -2.56. The molecule has 1 aromatic carbocycles. The number of carbonyl (C=O) groups is 2. The van der Waals surface area contributed by atoms with Crippen LogP contribution in [0.1, 0.15) is 90.0 Å². The monoisotopic (exact) mass is 407 g/mol. The van der Waals surface area contributed by atoms with Crippen molar-refractivity contribution >= 4 is 11.8 Å². The Morgan fingerprint density at radius 2 is 1.67 bits per heavy atom. The van der Waals surface area contributed by atoms with Crippen LogP contribution in [0.2, 0.25) is 0 Å². The summed E-state index contributed by atoms with van der Waals surface area (Å²) < 4.78 is 2.12. The van der Waals surface area contributed by atoms with Crippen molar-refractivity contribution in [1.29, 1.82) is 0 Å². The topological polar surface area (TPSA) is 54.3 Å². The van der Waals surface area contributed by atoms with Gasteiger partial charge in [0.05, 0.1) is 11.6 Å². The number of nitrogens with one attached hydrogen (secondary N) is 1. The first-order valence-electron chi connectivity index (χ1n) is 11.6. The van der Waals surface area contributed by atoms with Crippen LogP contribution in [0.25, 0.3) is 0 Å². The van der Waals surface area contributed by atoms with Crippen molar-refractivity contribution in [2.24, 2.45) is 0 Å². The van der Waals surface area contributed by atoms with Crippen LogP contribution in [-0.2, 0) is 13.0 Å². The lowest BCUT2D eigenvalue weighted by atomic mass is 10.0. The number of nitrogens with zero attached hydrogens (tertiary/aromatic N) is 2. The highest BCUT2D eigenvalue weighted by atomic mass is 16.2. The van der Waals surface area contributed by atoms with Crippen LogP contribution in [0.3, 0.4) is 0 Å². The van der Waals surface area contributed by atoms with Crippen molar-refractivity contribution in [3.63, 3.8) is 0 Å². The van der Waals surface area contributed by atoms with E-state index in [9.17, 15) is 9.59 Å². The van der Waals surface area contributed by atoms with Crippen LogP contribution in [0.5, 0.6) is 0 Å². The molecule has 4 rings (SSSR count). The molecule has 0 radical (unpaired) electrons. The minimum absolute atomic E-state index is 0.0254. The molecule has 1 aromatic heterocycles. The molecule has 1 fully saturated rings. The van der Waals surface area contributed by atoms with E-state index >= 15 is 0 Å². The van der Waals surface area contributed by atoms with Gasteiger partial charge in [-0.3, -0.25) is 9.59 Å². The van der Waals surface area contributed by atoms with Crippen LogP contribution in [0.4, 0.5) is 0 Å². The molecule has 2 aliphatic heterocycles. The molecule has 3 heterocycles. The Bertz CT molecular complexity index is 879. The minimum atomic E-state index is -0.0636. The van der Waals surface area contributed by atoms with Gasteiger partial charge in [-0.15, -0.1) is 0 Å². The molecule has 5 nitrogen and oxygen atoms in total. The van der Waals surface area contributed by atoms with Crippen molar-refractivity contribution < 1.29 is 9.59 Å². The normalized spacial score (nSPS) is 17.7. The fourth-order valence-electron chi connectivity index (χ4n) is 4.83. The average molecular weight is 408 g/mol. The van der Waals surface area contributed by atoms with Crippen LogP contribution in [-0.4, -0.2) is 34.4 Å². The minimum Gasteiger partial charge on any atom is -0.345 e. The van der Waals surface area contributed by atoms with Crippen LogP contribution >= 0.6 is 0 Å². The number of fused-ring (bicyclic) bond motifs is 1. The number of benzene rings is 1. The second-order valence-corrected chi connectivity index (χ2v) is 8.55. The van der Waals surface area contributed by atoms with Crippen molar-refractivity contribution in [3.8, 4) is 0 Å². The first-order chi connectivity index (χ1) is 14.7. The molecule has 0 aliphatic carbocycles. The molecule has 1 saturated heterocycles. The number of rotatable bonds is 5. The number of carbonyl (C=O) groups excluding carboxylic acids is 2. The van der Waals surface area contributed by atoms with Gasteiger partial charge in [-0.25, -0.2) is 0 Å². The highest BCUT2D eigenvalue weighted by Gasteiger charge is 2.29. The molecule has 2 aliphatic rings. The SMILES string of the molecule is CC[C@@H](NC(=O)c1cc(C(=O)N2CCCCCC2)n2c1CCCC2)c1ccccc1. The Kier molecular flexibility index (Phi) is 6.56. The van der Waals surface area contributed by atoms with Gasteiger partial charge in [0.25, 0.3) is 11.8 Å². The third-order valence-electron chi connectivity index (χ3n) is 6.53. The molecular formula is C25H33N3O2. The number of likely N-dealkylation sites (tertiary alicyclic amines) is 1. The third-order valence-corrected chi connectivity index (χ3v) is 6.53. The van der Waals surface area contributed by atoms with Gasteiger partial charge in [-0.05, 0) is 50.2 Å². The summed E-state index contributed by atoms with van der Waals surface area (Å²) in [5.74, 6) is 0.0282. The Morgan fingerprint density at radius 1 is 0.967 bits per heavy atom. The molecule has 0 saturated carbocycles. The molecule has 0 unspecified atom stereocenters. The number of aromatic nitrogens is 1. The van der Waals surface area contributed by atoms with E-state index in [1.807, 2.05) is 29.2 Å². The largest absolute Gasteiger partial charge is 0.345 e. The third kappa shape index (κ3) is 4.30. The fraction of sp³-hybridized carbons (Fsp3) is 0.520. The second-order valence-electron chi connectivity index (χ2n) is 8.55. The summed E-state index contributed by atoms with van der Waals surface area (Å²) in [6.07, 6.45) is 8.35. The zero-order valence-electron chi connectivity index (χ0n) is 18.0. The van der Waals surface area contributed by atoms with Crippen molar-refractivity contribution in [2.75, 3.05) is 13.1 Å². The lowest BCUT2D eigenvalue weighted by molar-refractivity contribution is 0.0749. The molecule has 5 heteroatoms. The molecule has 0 spiro atoms. The molecule has 1 atom stereocenters. The van der Waals surface area contributed by atoms with Crippen LogP contribution < -0.4 is 5.32 Å². The van der Waals surface area contributed by atoms with Gasteiger partial charge >= 0.3 is 0 Å². The van der Waals surface area contributed by atoms with Crippen molar-refractivity contribution in [3.05, 3.63) is 58.9 Å². The van der Waals surface area contributed by atoms with Gasteiger partial charge in [0.1, 0.15) is 5.69 Å². The second kappa shape index (κ2) is 9.50. The predicted molar refractivity (Wildman–Crippen MR) is 119 cm³/mol. The van der Waals surface area contributed by atoms with Crippen LogP contribution in [0.15, 0.2) is 36.4 Å². The zero-order valence-corrected chi connectivity index (χ0v) is 18.0. The van der Waals surface area contributed by atoms with E-state index < -0.39 is 0 Å². The van der Waals surface area contributed by atoms with Gasteiger partial charge in [-0.2, -0.15) is 0 Å². The van der Waals surface area contributed by atoms with E-state index in [-0.39, 0.29) is 17.9 Å². The predicted octanol–water partition coefficient (Wildman–Crippen LogP) is 4.72. The first kappa shape index (κ1) is 20.7. The summed E-state index contributed by atoms with van der Waals surface area (Å²) in [6.45, 7) is 4.56. The summed E-state index contributed by atoms with van der Waals surface area (Å²) in [6, 6.07) is 11.9. The maximum Gasteiger partial charge on any atom is 0.270 e. The highest BCUT2D eigenvalue weighted by Crippen LogP contribution is 2.27. The maximum atomic E-state index is 13.3. The Balaban J connectivity index is 1.60. The number of amides is 2. The van der Waals surface area contributed by atoms with E-state index in [0.717, 1.165) is 69.4 Å².